The summed E-state index contributed by atoms with van der Waals surface area (Å²) in [7, 11) is 0. The monoisotopic (exact) mass is 392 g/mol. The van der Waals surface area contributed by atoms with Crippen LogP contribution in [0.5, 0.6) is 11.5 Å². The molecular weight excluding hydrogens is 360 g/mol. The van der Waals surface area contributed by atoms with Crippen LogP contribution in [0.2, 0.25) is 0 Å². The second-order valence-corrected chi connectivity index (χ2v) is 7.85. The van der Waals surface area contributed by atoms with Gasteiger partial charge in [0.25, 0.3) is 5.91 Å². The maximum Gasteiger partial charge on any atom is 0.320 e. The predicted molar refractivity (Wildman–Crippen MR) is 107 cm³/mol. The Kier molecular flexibility index (Phi) is 7.69. The molecule has 0 radical (unpaired) electrons. The molecule has 7 heteroatoms. The molecule has 1 amide bonds. The number of aliphatic carboxylic acids is 1. The molecule has 0 aliphatic carbocycles. The molecular formula is C21H32N2O5. The zero-order chi connectivity index (χ0) is 20.8. The molecule has 2 rings (SSSR count). The number of phenols is 2. The highest BCUT2D eigenvalue weighted by molar-refractivity contribution is 5.97. The average Bonchev–Trinajstić information content (AvgIpc) is 2.64. The summed E-state index contributed by atoms with van der Waals surface area (Å²) in [5, 5.41) is 32.7. The molecule has 0 aromatic heterocycles. The summed E-state index contributed by atoms with van der Waals surface area (Å²) in [6, 6.07) is 2.29. The van der Waals surface area contributed by atoms with E-state index in [0.29, 0.717) is 37.9 Å². The van der Waals surface area contributed by atoms with Crippen molar-refractivity contribution in [3.63, 3.8) is 0 Å². The van der Waals surface area contributed by atoms with Crippen molar-refractivity contribution in [3.8, 4) is 11.5 Å². The number of benzene rings is 1. The number of nitrogens with one attached hydrogen (secondary N) is 1. The number of piperidine rings is 1. The minimum Gasteiger partial charge on any atom is -0.508 e. The van der Waals surface area contributed by atoms with Crippen LogP contribution in [0.4, 0.5) is 0 Å². The molecule has 1 aromatic rings. The number of hydrogen-bond acceptors (Lipinski definition) is 5. The van der Waals surface area contributed by atoms with Gasteiger partial charge in [0.05, 0.1) is 5.56 Å². The van der Waals surface area contributed by atoms with Gasteiger partial charge < -0.3 is 25.5 Å². The first-order chi connectivity index (χ1) is 13.2. The van der Waals surface area contributed by atoms with Gasteiger partial charge in [0.1, 0.15) is 17.5 Å². The Hall–Kier alpha value is -2.28. The number of likely N-dealkylation sites (tertiary alicyclic amines) is 1. The molecule has 0 bridgehead atoms. The molecule has 1 aliphatic rings. The number of aromatic hydroxyl groups is 2. The summed E-state index contributed by atoms with van der Waals surface area (Å²) in [4.78, 5) is 25.9. The lowest BCUT2D eigenvalue weighted by atomic mass is 9.97. The lowest BCUT2D eigenvalue weighted by molar-refractivity contribution is -0.140. The highest BCUT2D eigenvalue weighted by atomic mass is 16.4. The van der Waals surface area contributed by atoms with Crippen LogP contribution in [0.15, 0.2) is 12.1 Å². The van der Waals surface area contributed by atoms with E-state index in [9.17, 15) is 24.9 Å². The van der Waals surface area contributed by atoms with Crippen LogP contribution in [0.3, 0.4) is 0 Å². The van der Waals surface area contributed by atoms with Crippen molar-refractivity contribution in [2.24, 2.45) is 0 Å². The maximum absolute atomic E-state index is 12.9. The van der Waals surface area contributed by atoms with E-state index in [2.05, 4.69) is 5.32 Å². The summed E-state index contributed by atoms with van der Waals surface area (Å²) in [5.74, 6) is -1.31. The zero-order valence-corrected chi connectivity index (χ0v) is 16.9. The number of phenolic OH excluding ortho intramolecular Hbond substituents is 2. The number of rotatable bonds is 8. The Labute approximate surface area is 166 Å². The molecule has 156 valence electrons. The van der Waals surface area contributed by atoms with Crippen LogP contribution in [0, 0.1) is 0 Å². The fraction of sp³-hybridized carbons (Fsp3) is 0.619. The number of carbonyl (C=O) groups excluding carboxylic acids is 1. The highest BCUT2D eigenvalue weighted by Crippen LogP contribution is 2.33. The van der Waals surface area contributed by atoms with Gasteiger partial charge in [-0.25, -0.2) is 0 Å². The van der Waals surface area contributed by atoms with Crippen LogP contribution in [-0.4, -0.2) is 57.3 Å². The Bertz CT molecular complexity index is 696. The molecule has 4 N–H and O–H groups in total. The van der Waals surface area contributed by atoms with Gasteiger partial charge in [-0.2, -0.15) is 0 Å². The molecule has 0 saturated carbocycles. The molecule has 1 aromatic carbocycles. The van der Waals surface area contributed by atoms with Gasteiger partial charge in [-0.1, -0.05) is 33.6 Å². The Morgan fingerprint density at radius 1 is 1.18 bits per heavy atom. The van der Waals surface area contributed by atoms with Gasteiger partial charge in [-0.05, 0) is 36.8 Å². The van der Waals surface area contributed by atoms with Crippen LogP contribution in [0.1, 0.15) is 74.7 Å². The first-order valence-corrected chi connectivity index (χ1v) is 10.1. The first kappa shape index (κ1) is 22.0. The van der Waals surface area contributed by atoms with Gasteiger partial charge in [0.15, 0.2) is 0 Å². The van der Waals surface area contributed by atoms with Crippen molar-refractivity contribution in [1.82, 2.24) is 10.2 Å². The number of carbonyl (C=O) groups is 2. The minimum absolute atomic E-state index is 0.0150. The van der Waals surface area contributed by atoms with Crippen LogP contribution in [-0.2, 0) is 4.79 Å². The third-order valence-corrected chi connectivity index (χ3v) is 5.36. The Balaban J connectivity index is 2.00. The second-order valence-electron chi connectivity index (χ2n) is 7.85. The lowest BCUT2D eigenvalue weighted by Crippen LogP contribution is -2.49. The van der Waals surface area contributed by atoms with E-state index in [4.69, 9.17) is 0 Å². The van der Waals surface area contributed by atoms with E-state index in [0.717, 1.165) is 12.8 Å². The number of unbranched alkanes of at least 4 members (excludes halogenated alkanes) is 1. The van der Waals surface area contributed by atoms with E-state index in [1.165, 1.54) is 6.07 Å². The summed E-state index contributed by atoms with van der Waals surface area (Å²) < 4.78 is 0. The summed E-state index contributed by atoms with van der Waals surface area (Å²) in [6.07, 6.45) is 3.74. The standard InChI is InChI=1S/C21H32N2O5/c1-4-5-6-17(21(27)28)22-14-7-9-23(10-8-14)20(26)16-11-15(13(2)3)18(24)12-19(16)25/h11-14,17,22,24-25H,4-10H2,1-3H3,(H,27,28)/t17-/m0/s1. The van der Waals surface area contributed by atoms with Crippen molar-refractivity contribution in [3.05, 3.63) is 23.3 Å². The third kappa shape index (κ3) is 5.38. The first-order valence-electron chi connectivity index (χ1n) is 10.1. The van der Waals surface area contributed by atoms with Crippen LogP contribution < -0.4 is 5.32 Å². The quantitative estimate of drug-likeness (QED) is 0.541. The largest absolute Gasteiger partial charge is 0.508 e. The van der Waals surface area contributed by atoms with Crippen molar-refractivity contribution >= 4 is 11.9 Å². The zero-order valence-electron chi connectivity index (χ0n) is 16.9. The molecule has 0 spiro atoms. The number of carboxylic acid groups (broad SMARTS) is 1. The molecule has 1 atom stereocenters. The minimum atomic E-state index is -0.831. The average molecular weight is 392 g/mol. The summed E-state index contributed by atoms with van der Waals surface area (Å²) >= 11 is 0. The van der Waals surface area contributed by atoms with Gasteiger partial charge >= 0.3 is 5.97 Å². The van der Waals surface area contributed by atoms with Crippen molar-refractivity contribution < 1.29 is 24.9 Å². The molecule has 28 heavy (non-hydrogen) atoms. The molecule has 7 nitrogen and oxygen atoms in total. The summed E-state index contributed by atoms with van der Waals surface area (Å²) in [6.45, 7) is 6.85. The molecule has 0 unspecified atom stereocenters. The SMILES string of the molecule is CCCC[C@H](NC1CCN(C(=O)c2cc(C(C)C)c(O)cc2O)CC1)C(=O)O. The number of carboxylic acids is 1. The van der Waals surface area contributed by atoms with Crippen molar-refractivity contribution in [1.29, 1.82) is 0 Å². The van der Waals surface area contributed by atoms with Gasteiger partial charge in [-0.3, -0.25) is 9.59 Å². The topological polar surface area (TPSA) is 110 Å². The Morgan fingerprint density at radius 2 is 1.82 bits per heavy atom. The van der Waals surface area contributed by atoms with Gasteiger partial charge in [0, 0.05) is 25.2 Å². The molecule has 1 heterocycles. The van der Waals surface area contributed by atoms with Gasteiger partial charge in [-0.15, -0.1) is 0 Å². The van der Waals surface area contributed by atoms with Crippen molar-refractivity contribution in [2.45, 2.75) is 70.9 Å². The molecule has 1 fully saturated rings. The van der Waals surface area contributed by atoms with Crippen LogP contribution in [0.25, 0.3) is 0 Å². The van der Waals surface area contributed by atoms with E-state index in [1.807, 2.05) is 20.8 Å². The fourth-order valence-corrected chi connectivity index (χ4v) is 3.62. The fourth-order valence-electron chi connectivity index (χ4n) is 3.62. The maximum atomic E-state index is 12.9. The molecule has 1 saturated heterocycles. The van der Waals surface area contributed by atoms with E-state index in [-0.39, 0.29) is 34.9 Å². The van der Waals surface area contributed by atoms with Gasteiger partial charge in [0.2, 0.25) is 0 Å². The summed E-state index contributed by atoms with van der Waals surface area (Å²) in [5.41, 5.74) is 0.817. The second kappa shape index (κ2) is 9.78. The Morgan fingerprint density at radius 3 is 2.36 bits per heavy atom. The predicted octanol–water partition coefficient (Wildman–Crippen LogP) is 3.06. The van der Waals surface area contributed by atoms with E-state index in [1.54, 1.807) is 11.0 Å². The number of hydrogen-bond donors (Lipinski definition) is 4. The van der Waals surface area contributed by atoms with E-state index < -0.39 is 12.0 Å². The van der Waals surface area contributed by atoms with E-state index >= 15 is 0 Å². The number of amides is 1. The number of nitrogens with zero attached hydrogens (tertiary/aromatic N) is 1. The molecule has 1 aliphatic heterocycles. The normalized spacial score (nSPS) is 16.4. The lowest BCUT2D eigenvalue weighted by Gasteiger charge is -2.34. The smallest absolute Gasteiger partial charge is 0.320 e. The highest BCUT2D eigenvalue weighted by Gasteiger charge is 2.28. The van der Waals surface area contributed by atoms with Crippen molar-refractivity contribution in [2.75, 3.05) is 13.1 Å². The third-order valence-electron chi connectivity index (χ3n) is 5.36. The van der Waals surface area contributed by atoms with Crippen LogP contribution >= 0.6 is 0 Å².